The smallest absolute Gasteiger partial charge is 0.224 e. The standard InChI is InChI=1S/C13H23N5/c1-3-14-13-15-7-6-12(17-13)16-9-11-5-4-8-18(2)10-11/h6-7,11H,3-5,8-10H2,1-2H3,(H2,14,15,16,17). The average molecular weight is 249 g/mol. The number of piperidine rings is 1. The van der Waals surface area contributed by atoms with E-state index in [-0.39, 0.29) is 0 Å². The molecule has 1 atom stereocenters. The minimum Gasteiger partial charge on any atom is -0.370 e. The van der Waals surface area contributed by atoms with Crippen molar-refractivity contribution in [3.63, 3.8) is 0 Å². The first-order valence-corrected chi connectivity index (χ1v) is 6.77. The van der Waals surface area contributed by atoms with Gasteiger partial charge in [0.2, 0.25) is 5.95 Å². The van der Waals surface area contributed by atoms with Gasteiger partial charge in [-0.05, 0) is 45.3 Å². The molecule has 100 valence electrons. The molecule has 0 aromatic carbocycles. The Labute approximate surface area is 109 Å². The van der Waals surface area contributed by atoms with Crippen molar-refractivity contribution in [3.8, 4) is 0 Å². The number of nitrogens with one attached hydrogen (secondary N) is 2. The summed E-state index contributed by atoms with van der Waals surface area (Å²) in [4.78, 5) is 11.0. The normalized spacial score (nSPS) is 20.7. The predicted octanol–water partition coefficient (Wildman–Crippen LogP) is 1.66. The first kappa shape index (κ1) is 13.1. The first-order chi connectivity index (χ1) is 8.78. The van der Waals surface area contributed by atoms with Crippen LogP contribution in [0.2, 0.25) is 0 Å². The van der Waals surface area contributed by atoms with Crippen LogP contribution in [0.15, 0.2) is 12.3 Å². The zero-order chi connectivity index (χ0) is 12.8. The van der Waals surface area contributed by atoms with Crippen molar-refractivity contribution in [2.24, 2.45) is 5.92 Å². The fourth-order valence-electron chi connectivity index (χ4n) is 2.39. The van der Waals surface area contributed by atoms with E-state index < -0.39 is 0 Å². The van der Waals surface area contributed by atoms with Gasteiger partial charge < -0.3 is 15.5 Å². The van der Waals surface area contributed by atoms with Crippen LogP contribution in [0.4, 0.5) is 11.8 Å². The van der Waals surface area contributed by atoms with Gasteiger partial charge in [-0.15, -0.1) is 0 Å². The van der Waals surface area contributed by atoms with Crippen molar-refractivity contribution in [2.75, 3.05) is 43.9 Å². The van der Waals surface area contributed by atoms with Crippen LogP contribution in [0.1, 0.15) is 19.8 Å². The number of anilines is 2. The summed E-state index contributed by atoms with van der Waals surface area (Å²) in [7, 11) is 2.19. The maximum Gasteiger partial charge on any atom is 0.224 e. The molecule has 1 aliphatic rings. The Hall–Kier alpha value is -1.36. The third-order valence-electron chi connectivity index (χ3n) is 3.28. The molecule has 5 nitrogen and oxygen atoms in total. The molecule has 18 heavy (non-hydrogen) atoms. The molecule has 1 unspecified atom stereocenters. The molecule has 1 aliphatic heterocycles. The van der Waals surface area contributed by atoms with Gasteiger partial charge in [-0.25, -0.2) is 4.98 Å². The maximum absolute atomic E-state index is 4.42. The van der Waals surface area contributed by atoms with E-state index in [0.717, 1.165) is 24.8 Å². The molecule has 1 aromatic heterocycles. The Morgan fingerprint density at radius 3 is 3.11 bits per heavy atom. The molecule has 1 saturated heterocycles. The summed E-state index contributed by atoms with van der Waals surface area (Å²) >= 11 is 0. The molecule has 0 saturated carbocycles. The highest BCUT2D eigenvalue weighted by atomic mass is 15.1. The summed E-state index contributed by atoms with van der Waals surface area (Å²) in [6.45, 7) is 6.29. The van der Waals surface area contributed by atoms with Crippen molar-refractivity contribution in [1.29, 1.82) is 0 Å². The summed E-state index contributed by atoms with van der Waals surface area (Å²) in [5, 5.41) is 6.54. The quantitative estimate of drug-likeness (QED) is 0.831. The Bertz CT molecular complexity index is 368. The van der Waals surface area contributed by atoms with Gasteiger partial charge in [0, 0.05) is 25.8 Å². The minimum atomic E-state index is 0.697. The van der Waals surface area contributed by atoms with Gasteiger partial charge in [-0.1, -0.05) is 0 Å². The van der Waals surface area contributed by atoms with E-state index in [1.165, 1.54) is 25.9 Å². The van der Waals surface area contributed by atoms with Gasteiger partial charge in [0.05, 0.1) is 0 Å². The first-order valence-electron chi connectivity index (χ1n) is 6.77. The lowest BCUT2D eigenvalue weighted by Gasteiger charge is -2.29. The molecule has 0 radical (unpaired) electrons. The van der Waals surface area contributed by atoms with Crippen molar-refractivity contribution >= 4 is 11.8 Å². The Morgan fingerprint density at radius 2 is 2.33 bits per heavy atom. The summed E-state index contributed by atoms with van der Waals surface area (Å²) in [5.74, 6) is 2.33. The number of hydrogen-bond donors (Lipinski definition) is 2. The monoisotopic (exact) mass is 249 g/mol. The van der Waals surface area contributed by atoms with Crippen molar-refractivity contribution in [2.45, 2.75) is 19.8 Å². The Morgan fingerprint density at radius 1 is 1.44 bits per heavy atom. The Kier molecular flexibility index (Phi) is 4.75. The number of hydrogen-bond acceptors (Lipinski definition) is 5. The predicted molar refractivity (Wildman–Crippen MR) is 74.9 cm³/mol. The van der Waals surface area contributed by atoms with Gasteiger partial charge in [-0.2, -0.15) is 4.98 Å². The SMILES string of the molecule is CCNc1nccc(NCC2CCCN(C)C2)n1. The van der Waals surface area contributed by atoms with Crippen LogP contribution in [0.5, 0.6) is 0 Å². The number of nitrogens with zero attached hydrogens (tertiary/aromatic N) is 3. The van der Waals surface area contributed by atoms with E-state index in [9.17, 15) is 0 Å². The lowest BCUT2D eigenvalue weighted by Crippen LogP contribution is -2.35. The van der Waals surface area contributed by atoms with Crippen LogP contribution in [-0.4, -0.2) is 48.1 Å². The fraction of sp³-hybridized carbons (Fsp3) is 0.692. The van der Waals surface area contributed by atoms with Crippen molar-refractivity contribution in [3.05, 3.63) is 12.3 Å². The highest BCUT2D eigenvalue weighted by Gasteiger charge is 2.16. The van der Waals surface area contributed by atoms with E-state index in [1.807, 2.05) is 13.0 Å². The molecular formula is C13H23N5. The lowest BCUT2D eigenvalue weighted by molar-refractivity contribution is 0.217. The second-order valence-corrected chi connectivity index (χ2v) is 4.95. The zero-order valence-electron chi connectivity index (χ0n) is 11.3. The molecule has 5 heteroatoms. The summed E-state index contributed by atoms with van der Waals surface area (Å²) < 4.78 is 0. The number of aromatic nitrogens is 2. The second-order valence-electron chi connectivity index (χ2n) is 4.95. The molecule has 2 heterocycles. The zero-order valence-corrected chi connectivity index (χ0v) is 11.3. The number of rotatable bonds is 5. The third-order valence-corrected chi connectivity index (χ3v) is 3.28. The van der Waals surface area contributed by atoms with E-state index in [2.05, 4.69) is 32.5 Å². The van der Waals surface area contributed by atoms with Crippen LogP contribution < -0.4 is 10.6 Å². The van der Waals surface area contributed by atoms with E-state index in [4.69, 9.17) is 0 Å². The third kappa shape index (κ3) is 3.84. The molecule has 2 rings (SSSR count). The van der Waals surface area contributed by atoms with Crippen molar-refractivity contribution in [1.82, 2.24) is 14.9 Å². The second kappa shape index (κ2) is 6.54. The largest absolute Gasteiger partial charge is 0.370 e. The van der Waals surface area contributed by atoms with Crippen molar-refractivity contribution < 1.29 is 0 Å². The van der Waals surface area contributed by atoms with Crippen LogP contribution in [0, 0.1) is 5.92 Å². The molecule has 0 bridgehead atoms. The van der Waals surface area contributed by atoms with Gasteiger partial charge in [0.15, 0.2) is 0 Å². The maximum atomic E-state index is 4.42. The van der Waals surface area contributed by atoms with E-state index in [0.29, 0.717) is 5.95 Å². The molecular weight excluding hydrogens is 226 g/mol. The molecule has 1 fully saturated rings. The highest BCUT2D eigenvalue weighted by molar-refractivity contribution is 5.39. The lowest BCUT2D eigenvalue weighted by atomic mass is 9.98. The number of likely N-dealkylation sites (tertiary alicyclic amines) is 1. The fourth-order valence-corrected chi connectivity index (χ4v) is 2.39. The van der Waals surface area contributed by atoms with Crippen LogP contribution in [-0.2, 0) is 0 Å². The van der Waals surface area contributed by atoms with Crippen LogP contribution >= 0.6 is 0 Å². The van der Waals surface area contributed by atoms with Crippen LogP contribution in [0.3, 0.4) is 0 Å². The summed E-state index contributed by atoms with van der Waals surface area (Å²) in [6.07, 6.45) is 4.40. The van der Waals surface area contributed by atoms with Gasteiger partial charge in [-0.3, -0.25) is 0 Å². The van der Waals surface area contributed by atoms with Gasteiger partial charge >= 0.3 is 0 Å². The molecule has 0 spiro atoms. The topological polar surface area (TPSA) is 53.1 Å². The van der Waals surface area contributed by atoms with Gasteiger partial charge in [0.1, 0.15) is 5.82 Å². The highest BCUT2D eigenvalue weighted by Crippen LogP contribution is 2.15. The molecule has 0 amide bonds. The van der Waals surface area contributed by atoms with E-state index >= 15 is 0 Å². The van der Waals surface area contributed by atoms with Crippen LogP contribution in [0.25, 0.3) is 0 Å². The molecule has 1 aromatic rings. The van der Waals surface area contributed by atoms with Gasteiger partial charge in [0.25, 0.3) is 0 Å². The molecule has 2 N–H and O–H groups in total. The van der Waals surface area contributed by atoms with E-state index in [1.54, 1.807) is 6.20 Å². The minimum absolute atomic E-state index is 0.697. The summed E-state index contributed by atoms with van der Waals surface area (Å²) in [5.41, 5.74) is 0. The molecule has 0 aliphatic carbocycles. The summed E-state index contributed by atoms with van der Waals surface area (Å²) in [6, 6.07) is 1.92. The Balaban J connectivity index is 1.83. The average Bonchev–Trinajstić information content (AvgIpc) is 2.37.